The summed E-state index contributed by atoms with van der Waals surface area (Å²) in [6, 6.07) is -0.478. The third-order valence-electron chi connectivity index (χ3n) is 3.71. The first-order chi connectivity index (χ1) is 9.63. The van der Waals surface area contributed by atoms with Gasteiger partial charge in [-0.3, -0.25) is 14.4 Å². The predicted molar refractivity (Wildman–Crippen MR) is 72.9 cm³/mol. The van der Waals surface area contributed by atoms with Gasteiger partial charge in [0, 0.05) is 39.1 Å². The van der Waals surface area contributed by atoms with E-state index in [1.807, 2.05) is 6.92 Å². The molecule has 2 N–H and O–H groups in total. The number of hydrogen-bond acceptors (Lipinski definition) is 4. The summed E-state index contributed by atoms with van der Waals surface area (Å²) in [6.07, 6.45) is 1.34. The fourth-order valence-corrected chi connectivity index (χ4v) is 2.65. The molecule has 0 aromatic heterocycles. The topological polar surface area (TPSA) is 81.8 Å². The van der Waals surface area contributed by atoms with E-state index < -0.39 is 6.04 Å². The Morgan fingerprint density at radius 1 is 1.40 bits per heavy atom. The summed E-state index contributed by atoms with van der Waals surface area (Å²) in [6.45, 7) is 4.77. The molecule has 0 bridgehead atoms. The molecular weight excluding hydrogens is 260 g/mol. The Hall–Kier alpha value is -1.63. The molecule has 0 aromatic carbocycles. The molecule has 0 radical (unpaired) electrons. The number of likely N-dealkylation sites (N-methyl/N-ethyl adjacent to an activating group) is 1. The van der Waals surface area contributed by atoms with Gasteiger partial charge >= 0.3 is 0 Å². The first kappa shape index (κ1) is 14.8. The number of nitrogens with zero attached hydrogens (tertiary/aromatic N) is 2. The molecule has 0 aromatic rings. The molecule has 2 rings (SSSR count). The normalized spacial score (nSPS) is 23.1. The quantitative estimate of drug-likeness (QED) is 0.661. The van der Waals surface area contributed by atoms with Crippen LogP contribution in [0.5, 0.6) is 0 Å². The van der Waals surface area contributed by atoms with Gasteiger partial charge in [-0.15, -0.1) is 0 Å². The largest absolute Gasteiger partial charge is 0.355 e. The Bertz CT molecular complexity index is 399. The van der Waals surface area contributed by atoms with Crippen LogP contribution in [0, 0.1) is 0 Å². The number of carbonyl (C=O) groups excluding carboxylic acids is 3. The van der Waals surface area contributed by atoms with Crippen LogP contribution >= 0.6 is 0 Å². The number of likely N-dealkylation sites (tertiary alicyclic amines) is 1. The van der Waals surface area contributed by atoms with E-state index in [-0.39, 0.29) is 24.3 Å². The van der Waals surface area contributed by atoms with Crippen LogP contribution in [0.3, 0.4) is 0 Å². The monoisotopic (exact) mass is 282 g/mol. The first-order valence-corrected chi connectivity index (χ1v) is 7.19. The van der Waals surface area contributed by atoms with Crippen molar-refractivity contribution in [1.82, 2.24) is 20.4 Å². The molecule has 7 nitrogen and oxygen atoms in total. The highest BCUT2D eigenvalue weighted by Crippen LogP contribution is 2.11. The van der Waals surface area contributed by atoms with Crippen molar-refractivity contribution in [3.05, 3.63) is 0 Å². The van der Waals surface area contributed by atoms with Gasteiger partial charge in [0.05, 0.1) is 6.54 Å². The summed E-state index contributed by atoms with van der Waals surface area (Å²) in [5.74, 6) is -0.248. The summed E-state index contributed by atoms with van der Waals surface area (Å²) < 4.78 is 0. The van der Waals surface area contributed by atoms with E-state index in [0.29, 0.717) is 39.1 Å². The molecule has 2 fully saturated rings. The molecule has 2 aliphatic heterocycles. The van der Waals surface area contributed by atoms with Crippen molar-refractivity contribution < 1.29 is 14.4 Å². The van der Waals surface area contributed by atoms with Gasteiger partial charge in [-0.05, 0) is 13.3 Å². The fraction of sp³-hybridized carbons (Fsp3) is 0.769. The zero-order valence-corrected chi connectivity index (χ0v) is 11.9. The minimum absolute atomic E-state index is 0.0306. The number of nitrogens with one attached hydrogen (secondary N) is 2. The first-order valence-electron chi connectivity index (χ1n) is 7.19. The maximum Gasteiger partial charge on any atom is 0.244 e. The Morgan fingerprint density at radius 2 is 2.20 bits per heavy atom. The molecule has 7 heteroatoms. The lowest BCUT2D eigenvalue weighted by Crippen LogP contribution is -2.61. The lowest BCUT2D eigenvalue weighted by Gasteiger charge is -2.36. The van der Waals surface area contributed by atoms with Crippen LogP contribution in [0.4, 0.5) is 0 Å². The molecule has 2 saturated heterocycles. The van der Waals surface area contributed by atoms with E-state index in [1.54, 1.807) is 9.80 Å². The van der Waals surface area contributed by atoms with Crippen molar-refractivity contribution in [3.63, 3.8) is 0 Å². The number of hydrogen-bond donors (Lipinski definition) is 2. The minimum Gasteiger partial charge on any atom is -0.355 e. The second kappa shape index (κ2) is 6.69. The summed E-state index contributed by atoms with van der Waals surface area (Å²) in [7, 11) is 0. The summed E-state index contributed by atoms with van der Waals surface area (Å²) in [5, 5.41) is 5.88. The van der Waals surface area contributed by atoms with Crippen molar-refractivity contribution in [2.24, 2.45) is 0 Å². The van der Waals surface area contributed by atoms with Gasteiger partial charge < -0.3 is 20.4 Å². The van der Waals surface area contributed by atoms with Crippen LogP contribution in [0.25, 0.3) is 0 Å². The third kappa shape index (κ3) is 3.27. The average molecular weight is 282 g/mol. The third-order valence-corrected chi connectivity index (χ3v) is 3.71. The highest BCUT2D eigenvalue weighted by Gasteiger charge is 2.33. The van der Waals surface area contributed by atoms with E-state index in [4.69, 9.17) is 0 Å². The number of piperazine rings is 1. The SMILES string of the molecule is CCNC(=O)C1CNCCN1C(=O)CN1CCCC1=O. The van der Waals surface area contributed by atoms with Gasteiger partial charge in [0.25, 0.3) is 0 Å². The zero-order valence-electron chi connectivity index (χ0n) is 11.9. The molecule has 3 amide bonds. The maximum atomic E-state index is 12.3. The molecule has 0 spiro atoms. The molecule has 2 aliphatic rings. The summed E-state index contributed by atoms with van der Waals surface area (Å²) in [4.78, 5) is 39.1. The molecule has 2 heterocycles. The van der Waals surface area contributed by atoms with Crippen LogP contribution in [-0.2, 0) is 14.4 Å². The zero-order chi connectivity index (χ0) is 14.5. The van der Waals surface area contributed by atoms with Crippen LogP contribution in [-0.4, -0.2) is 72.8 Å². The van der Waals surface area contributed by atoms with E-state index in [1.165, 1.54) is 0 Å². The van der Waals surface area contributed by atoms with Crippen LogP contribution in [0.2, 0.25) is 0 Å². The van der Waals surface area contributed by atoms with Gasteiger partial charge in [-0.2, -0.15) is 0 Å². The van der Waals surface area contributed by atoms with Crippen molar-refractivity contribution in [3.8, 4) is 0 Å². The number of carbonyl (C=O) groups is 3. The molecule has 0 saturated carbocycles. The smallest absolute Gasteiger partial charge is 0.244 e. The van der Waals surface area contributed by atoms with Crippen molar-refractivity contribution >= 4 is 17.7 Å². The number of amides is 3. The second-order valence-electron chi connectivity index (χ2n) is 5.12. The number of rotatable bonds is 4. The average Bonchev–Trinajstić information content (AvgIpc) is 2.84. The van der Waals surface area contributed by atoms with Gasteiger partial charge in [0.15, 0.2) is 0 Å². The van der Waals surface area contributed by atoms with Gasteiger partial charge in [-0.1, -0.05) is 0 Å². The van der Waals surface area contributed by atoms with Gasteiger partial charge in [0.2, 0.25) is 17.7 Å². The van der Waals surface area contributed by atoms with Gasteiger partial charge in [0.1, 0.15) is 6.04 Å². The highest BCUT2D eigenvalue weighted by molar-refractivity contribution is 5.91. The molecular formula is C13H22N4O3. The standard InChI is InChI=1S/C13H22N4O3/c1-2-15-13(20)10-8-14-5-7-17(10)12(19)9-16-6-3-4-11(16)18/h10,14H,2-9H2,1H3,(H,15,20). The molecule has 1 atom stereocenters. The van der Waals surface area contributed by atoms with Crippen molar-refractivity contribution in [2.75, 3.05) is 39.3 Å². The second-order valence-corrected chi connectivity index (χ2v) is 5.12. The maximum absolute atomic E-state index is 12.3. The summed E-state index contributed by atoms with van der Waals surface area (Å²) >= 11 is 0. The molecule has 0 aliphatic carbocycles. The molecule has 20 heavy (non-hydrogen) atoms. The highest BCUT2D eigenvalue weighted by atomic mass is 16.2. The molecule has 112 valence electrons. The minimum atomic E-state index is -0.478. The Labute approximate surface area is 118 Å². The van der Waals surface area contributed by atoms with Crippen molar-refractivity contribution in [2.45, 2.75) is 25.8 Å². The van der Waals surface area contributed by atoms with E-state index in [2.05, 4.69) is 10.6 Å². The lowest BCUT2D eigenvalue weighted by molar-refractivity contribution is -0.144. The Kier molecular flexibility index (Phi) is 4.94. The van der Waals surface area contributed by atoms with Crippen LogP contribution in [0.15, 0.2) is 0 Å². The molecule has 1 unspecified atom stereocenters. The van der Waals surface area contributed by atoms with Gasteiger partial charge in [-0.25, -0.2) is 0 Å². The van der Waals surface area contributed by atoms with Crippen molar-refractivity contribution in [1.29, 1.82) is 0 Å². The van der Waals surface area contributed by atoms with E-state index in [9.17, 15) is 14.4 Å². The summed E-state index contributed by atoms with van der Waals surface area (Å²) in [5.41, 5.74) is 0. The van der Waals surface area contributed by atoms with E-state index in [0.717, 1.165) is 6.42 Å². The predicted octanol–water partition coefficient (Wildman–Crippen LogP) is -1.45. The fourth-order valence-electron chi connectivity index (χ4n) is 2.65. The van der Waals surface area contributed by atoms with Crippen LogP contribution < -0.4 is 10.6 Å². The van der Waals surface area contributed by atoms with E-state index >= 15 is 0 Å². The van der Waals surface area contributed by atoms with Crippen LogP contribution in [0.1, 0.15) is 19.8 Å². The lowest BCUT2D eigenvalue weighted by atomic mass is 10.1. The Morgan fingerprint density at radius 3 is 2.85 bits per heavy atom. The Balaban J connectivity index is 1.97.